The monoisotopic (exact) mass is 211 g/mol. The van der Waals surface area contributed by atoms with Crippen LogP contribution in [-0.4, -0.2) is 34.2 Å². The molecule has 0 radical (unpaired) electrons. The molecule has 0 aliphatic heterocycles. The van der Waals surface area contributed by atoms with Crippen molar-refractivity contribution in [2.75, 3.05) is 13.1 Å². The summed E-state index contributed by atoms with van der Waals surface area (Å²) in [7, 11) is 0. The first-order chi connectivity index (χ1) is 7.36. The first-order valence-electron chi connectivity index (χ1n) is 4.96. The fraction of sp³-hybridized carbons (Fsp3) is 0.625. The van der Waals surface area contributed by atoms with Gasteiger partial charge in [-0.15, -0.1) is 0 Å². The van der Waals surface area contributed by atoms with Crippen LogP contribution in [0.1, 0.15) is 19.2 Å². The van der Waals surface area contributed by atoms with Gasteiger partial charge in [0.2, 0.25) is 5.96 Å². The van der Waals surface area contributed by atoms with Gasteiger partial charge in [0.1, 0.15) is 12.2 Å². The van der Waals surface area contributed by atoms with Crippen molar-refractivity contribution in [2.45, 2.75) is 19.8 Å². The summed E-state index contributed by atoms with van der Waals surface area (Å²) in [6, 6.07) is 0. The van der Waals surface area contributed by atoms with Crippen molar-refractivity contribution in [3.05, 3.63) is 12.2 Å². The van der Waals surface area contributed by atoms with Gasteiger partial charge >= 0.3 is 0 Å². The second-order valence-electron chi connectivity index (χ2n) is 2.98. The lowest BCUT2D eigenvalue weighted by molar-refractivity contribution is 0.773. The zero-order chi connectivity index (χ0) is 10.9. The Bertz CT molecular complexity index is 279. The van der Waals surface area contributed by atoms with Crippen molar-refractivity contribution in [1.82, 2.24) is 25.9 Å². The molecule has 0 unspecified atom stereocenters. The van der Waals surface area contributed by atoms with Gasteiger partial charge in [-0.25, -0.2) is 10.8 Å². The number of hydrazine groups is 1. The van der Waals surface area contributed by atoms with Crippen LogP contribution in [0.5, 0.6) is 0 Å². The molecule has 84 valence electrons. The number of hydrogen-bond acceptors (Lipinski definition) is 4. The third-order valence-electron chi connectivity index (χ3n) is 1.75. The molecule has 0 saturated heterocycles. The maximum atomic E-state index is 5.29. The van der Waals surface area contributed by atoms with Crippen LogP contribution in [0.3, 0.4) is 0 Å². The summed E-state index contributed by atoms with van der Waals surface area (Å²) in [5.74, 6) is 6.74. The molecule has 7 heteroatoms. The average molecular weight is 211 g/mol. The van der Waals surface area contributed by atoms with Gasteiger partial charge in [-0.3, -0.25) is 15.5 Å². The quantitative estimate of drug-likeness (QED) is 0.220. The summed E-state index contributed by atoms with van der Waals surface area (Å²) in [6.45, 7) is 3.53. The summed E-state index contributed by atoms with van der Waals surface area (Å²) in [5.41, 5.74) is 2.51. The molecule has 0 aromatic carbocycles. The van der Waals surface area contributed by atoms with E-state index in [0.717, 1.165) is 25.2 Å². The number of rotatable bonds is 5. The second-order valence-corrected chi connectivity index (χ2v) is 2.98. The number of H-pyrrole nitrogens is 1. The lowest BCUT2D eigenvalue weighted by atomic mass is 10.4. The van der Waals surface area contributed by atoms with E-state index in [1.54, 1.807) is 0 Å². The van der Waals surface area contributed by atoms with E-state index in [1.165, 1.54) is 6.33 Å². The van der Waals surface area contributed by atoms with Crippen molar-refractivity contribution < 1.29 is 0 Å². The second kappa shape index (κ2) is 6.77. The predicted octanol–water partition coefficient (Wildman–Crippen LogP) is -0.834. The highest BCUT2D eigenvalue weighted by Gasteiger charge is 1.97. The molecule has 1 heterocycles. The first kappa shape index (κ1) is 11.4. The lowest BCUT2D eigenvalue weighted by Gasteiger charge is -2.07. The number of nitrogens with zero attached hydrogens (tertiary/aromatic N) is 3. The van der Waals surface area contributed by atoms with Crippen LogP contribution in [-0.2, 0) is 6.42 Å². The number of guanidine groups is 1. The highest BCUT2D eigenvalue weighted by Crippen LogP contribution is 1.85. The van der Waals surface area contributed by atoms with E-state index < -0.39 is 0 Å². The summed E-state index contributed by atoms with van der Waals surface area (Å²) in [6.07, 6.45) is 3.24. The Kier molecular flexibility index (Phi) is 5.16. The Morgan fingerprint density at radius 2 is 2.53 bits per heavy atom. The molecule has 0 bridgehead atoms. The van der Waals surface area contributed by atoms with Gasteiger partial charge in [-0.05, 0) is 6.42 Å². The molecule has 0 saturated carbocycles. The van der Waals surface area contributed by atoms with Crippen LogP contribution in [0.15, 0.2) is 11.3 Å². The Hall–Kier alpha value is -1.63. The van der Waals surface area contributed by atoms with E-state index in [1.807, 2.05) is 0 Å². The molecule has 0 aliphatic rings. The van der Waals surface area contributed by atoms with Crippen molar-refractivity contribution >= 4 is 5.96 Å². The molecule has 0 atom stereocenters. The number of nitrogens with one attached hydrogen (secondary N) is 3. The zero-order valence-electron chi connectivity index (χ0n) is 8.82. The molecular formula is C8H17N7. The molecule has 1 aromatic rings. The SMILES string of the molecule is CCCN=C(NN)NCCc1ncn[nH]1. The summed E-state index contributed by atoms with van der Waals surface area (Å²) < 4.78 is 0. The molecular weight excluding hydrogens is 194 g/mol. The smallest absolute Gasteiger partial charge is 0.205 e. The molecule has 0 fully saturated rings. The van der Waals surface area contributed by atoms with Gasteiger partial charge < -0.3 is 5.32 Å². The molecule has 0 amide bonds. The highest BCUT2D eigenvalue weighted by atomic mass is 15.3. The zero-order valence-corrected chi connectivity index (χ0v) is 8.82. The standard InChI is InChI=1S/C8H17N7/c1-2-4-10-8(14-9)11-5-3-7-12-6-13-15-7/h6H,2-5,9H2,1H3,(H2,10,11,14)(H,12,13,15). The lowest BCUT2D eigenvalue weighted by Crippen LogP contribution is -2.42. The van der Waals surface area contributed by atoms with E-state index in [0.29, 0.717) is 12.5 Å². The maximum Gasteiger partial charge on any atom is 0.205 e. The van der Waals surface area contributed by atoms with E-state index in [-0.39, 0.29) is 0 Å². The van der Waals surface area contributed by atoms with Gasteiger partial charge in [-0.1, -0.05) is 6.92 Å². The van der Waals surface area contributed by atoms with Crippen molar-refractivity contribution in [3.8, 4) is 0 Å². The summed E-state index contributed by atoms with van der Waals surface area (Å²) in [4.78, 5) is 8.21. The van der Waals surface area contributed by atoms with Crippen LogP contribution in [0.25, 0.3) is 0 Å². The van der Waals surface area contributed by atoms with Gasteiger partial charge in [0, 0.05) is 19.5 Å². The minimum atomic E-state index is 0.608. The Morgan fingerprint density at radius 1 is 1.67 bits per heavy atom. The summed E-state index contributed by atoms with van der Waals surface area (Å²) in [5, 5.41) is 9.60. The number of aliphatic imine (C=N–C) groups is 1. The van der Waals surface area contributed by atoms with Crippen LogP contribution in [0.4, 0.5) is 0 Å². The Balaban J connectivity index is 2.23. The molecule has 5 N–H and O–H groups in total. The molecule has 15 heavy (non-hydrogen) atoms. The third kappa shape index (κ3) is 4.41. The normalized spacial score (nSPS) is 11.5. The number of hydrogen-bond donors (Lipinski definition) is 4. The van der Waals surface area contributed by atoms with Gasteiger partial charge in [0.25, 0.3) is 0 Å². The molecule has 1 aromatic heterocycles. The molecule has 7 nitrogen and oxygen atoms in total. The van der Waals surface area contributed by atoms with Gasteiger partial charge in [0.05, 0.1) is 0 Å². The van der Waals surface area contributed by atoms with E-state index in [2.05, 4.69) is 37.8 Å². The molecule has 1 rings (SSSR count). The van der Waals surface area contributed by atoms with Gasteiger partial charge in [-0.2, -0.15) is 5.10 Å². The molecule has 0 aliphatic carbocycles. The minimum Gasteiger partial charge on any atom is -0.355 e. The van der Waals surface area contributed by atoms with Crippen molar-refractivity contribution in [2.24, 2.45) is 10.8 Å². The van der Waals surface area contributed by atoms with Crippen LogP contribution in [0.2, 0.25) is 0 Å². The molecule has 0 spiro atoms. The fourth-order valence-corrected chi connectivity index (χ4v) is 1.03. The number of aromatic amines is 1. The fourth-order valence-electron chi connectivity index (χ4n) is 1.03. The largest absolute Gasteiger partial charge is 0.355 e. The van der Waals surface area contributed by atoms with Crippen LogP contribution in [0, 0.1) is 0 Å². The Labute approximate surface area is 88.5 Å². The summed E-state index contributed by atoms with van der Waals surface area (Å²) >= 11 is 0. The van der Waals surface area contributed by atoms with Gasteiger partial charge in [0.15, 0.2) is 0 Å². The highest BCUT2D eigenvalue weighted by molar-refractivity contribution is 5.79. The van der Waals surface area contributed by atoms with E-state index in [4.69, 9.17) is 5.84 Å². The van der Waals surface area contributed by atoms with Crippen LogP contribution >= 0.6 is 0 Å². The minimum absolute atomic E-state index is 0.608. The third-order valence-corrected chi connectivity index (χ3v) is 1.75. The Morgan fingerprint density at radius 3 is 3.13 bits per heavy atom. The van der Waals surface area contributed by atoms with E-state index in [9.17, 15) is 0 Å². The topological polar surface area (TPSA) is 104 Å². The van der Waals surface area contributed by atoms with Crippen LogP contribution < -0.4 is 16.6 Å². The van der Waals surface area contributed by atoms with Crippen molar-refractivity contribution in [1.29, 1.82) is 0 Å². The van der Waals surface area contributed by atoms with Crippen molar-refractivity contribution in [3.63, 3.8) is 0 Å². The predicted molar refractivity (Wildman–Crippen MR) is 58.0 cm³/mol. The number of aromatic nitrogens is 3. The van der Waals surface area contributed by atoms with E-state index >= 15 is 0 Å². The average Bonchev–Trinajstić information content (AvgIpc) is 2.76. The maximum absolute atomic E-state index is 5.29. The first-order valence-corrected chi connectivity index (χ1v) is 4.96. The number of nitrogens with two attached hydrogens (primary N) is 1.